The molecule has 2 N–H and O–H groups in total. The second-order valence-electron chi connectivity index (χ2n) is 7.64. The lowest BCUT2D eigenvalue weighted by Gasteiger charge is -2.24. The van der Waals surface area contributed by atoms with E-state index in [-0.39, 0.29) is 0 Å². The lowest BCUT2D eigenvalue weighted by Crippen LogP contribution is -2.29. The van der Waals surface area contributed by atoms with Gasteiger partial charge in [-0.2, -0.15) is 0 Å². The number of H-pyrrole nitrogens is 1. The molecule has 2 aromatic heterocycles. The van der Waals surface area contributed by atoms with Crippen molar-refractivity contribution >= 4 is 11.3 Å². The number of aliphatic hydroxyl groups is 1. The molecular weight excluding hydrogens is 384 g/mol. The maximum Gasteiger partial charge on any atom is 0.125 e. The standard InChI is InChI=1S/C22H28N4O2S/c1-17-19(8-15-28-18-6-3-2-4-7-18)29-21(25-17)22(27)9-5-13-26(14-10-22)16-20-23-11-12-24-20/h2-4,6-7,11-12,27H,5,8-10,13-16H2,1H3,(H,23,24)/t22-/m1/s1. The Morgan fingerprint density at radius 1 is 1.24 bits per heavy atom. The van der Waals surface area contributed by atoms with Crippen molar-refractivity contribution in [2.45, 2.75) is 44.8 Å². The van der Waals surface area contributed by atoms with E-state index in [1.165, 1.54) is 4.88 Å². The van der Waals surface area contributed by atoms with Crippen molar-refractivity contribution in [3.63, 3.8) is 0 Å². The summed E-state index contributed by atoms with van der Waals surface area (Å²) in [5, 5.41) is 12.2. The minimum atomic E-state index is -0.841. The number of likely N-dealkylation sites (tertiary alicyclic amines) is 1. The average molecular weight is 413 g/mol. The molecule has 1 atom stereocenters. The molecule has 1 aliphatic rings. The Kier molecular flexibility index (Phi) is 6.28. The van der Waals surface area contributed by atoms with Crippen LogP contribution < -0.4 is 4.74 Å². The predicted molar refractivity (Wildman–Crippen MR) is 114 cm³/mol. The summed E-state index contributed by atoms with van der Waals surface area (Å²) in [7, 11) is 0. The minimum Gasteiger partial charge on any atom is -0.493 e. The molecule has 154 valence electrons. The van der Waals surface area contributed by atoms with Gasteiger partial charge in [-0.3, -0.25) is 4.90 Å². The van der Waals surface area contributed by atoms with Crippen molar-refractivity contribution in [2.24, 2.45) is 0 Å². The van der Waals surface area contributed by atoms with Gasteiger partial charge in [0.1, 0.15) is 22.2 Å². The Labute approximate surface area is 175 Å². The van der Waals surface area contributed by atoms with Crippen LogP contribution in [0.4, 0.5) is 0 Å². The van der Waals surface area contributed by atoms with Gasteiger partial charge in [-0.05, 0) is 44.9 Å². The van der Waals surface area contributed by atoms with E-state index in [1.54, 1.807) is 17.5 Å². The highest BCUT2D eigenvalue weighted by Gasteiger charge is 2.35. The van der Waals surface area contributed by atoms with E-state index in [2.05, 4.69) is 14.9 Å². The molecule has 1 fully saturated rings. The molecule has 0 amide bonds. The molecule has 3 aromatic rings. The third kappa shape index (κ3) is 5.04. The van der Waals surface area contributed by atoms with Gasteiger partial charge in [-0.25, -0.2) is 9.97 Å². The van der Waals surface area contributed by atoms with Crippen molar-refractivity contribution in [1.82, 2.24) is 19.9 Å². The van der Waals surface area contributed by atoms with Crippen LogP contribution >= 0.6 is 11.3 Å². The number of hydrogen-bond donors (Lipinski definition) is 2. The number of imidazole rings is 1. The van der Waals surface area contributed by atoms with Crippen LogP contribution in [0.3, 0.4) is 0 Å². The number of nitrogens with zero attached hydrogens (tertiary/aromatic N) is 3. The molecule has 1 aliphatic heterocycles. The van der Waals surface area contributed by atoms with Gasteiger partial charge in [0.05, 0.1) is 18.8 Å². The Bertz CT molecular complexity index is 897. The molecule has 0 spiro atoms. The fourth-order valence-electron chi connectivity index (χ4n) is 3.78. The lowest BCUT2D eigenvalue weighted by molar-refractivity contribution is 0.0206. The highest BCUT2D eigenvalue weighted by atomic mass is 32.1. The number of benzene rings is 1. The van der Waals surface area contributed by atoms with Crippen molar-refractivity contribution in [1.29, 1.82) is 0 Å². The molecular formula is C22H28N4O2S. The smallest absolute Gasteiger partial charge is 0.125 e. The first-order chi connectivity index (χ1) is 14.1. The largest absolute Gasteiger partial charge is 0.493 e. The molecule has 0 radical (unpaired) electrons. The number of nitrogens with one attached hydrogen (secondary N) is 1. The highest BCUT2D eigenvalue weighted by molar-refractivity contribution is 7.11. The van der Waals surface area contributed by atoms with Gasteiger partial charge < -0.3 is 14.8 Å². The van der Waals surface area contributed by atoms with E-state index in [4.69, 9.17) is 9.72 Å². The summed E-state index contributed by atoms with van der Waals surface area (Å²) >= 11 is 1.64. The number of hydrogen-bond acceptors (Lipinski definition) is 6. The number of rotatable bonds is 7. The molecule has 29 heavy (non-hydrogen) atoms. The summed E-state index contributed by atoms with van der Waals surface area (Å²) in [6.07, 6.45) is 6.83. The summed E-state index contributed by atoms with van der Waals surface area (Å²) < 4.78 is 5.83. The summed E-state index contributed by atoms with van der Waals surface area (Å²) in [6.45, 7) is 5.23. The number of para-hydroxylation sites is 1. The molecule has 3 heterocycles. The highest BCUT2D eigenvalue weighted by Crippen LogP contribution is 2.36. The minimum absolute atomic E-state index is 0.613. The van der Waals surface area contributed by atoms with Gasteiger partial charge in [0.15, 0.2) is 0 Å². The van der Waals surface area contributed by atoms with Gasteiger partial charge in [0, 0.05) is 30.2 Å². The van der Waals surface area contributed by atoms with Gasteiger partial charge in [-0.1, -0.05) is 18.2 Å². The van der Waals surface area contributed by atoms with Crippen LogP contribution in [-0.2, 0) is 18.6 Å². The van der Waals surface area contributed by atoms with Crippen LogP contribution in [0.5, 0.6) is 5.75 Å². The van der Waals surface area contributed by atoms with E-state index in [0.717, 1.165) is 61.2 Å². The molecule has 7 heteroatoms. The number of aromatic amines is 1. The van der Waals surface area contributed by atoms with Gasteiger partial charge in [0.2, 0.25) is 0 Å². The van der Waals surface area contributed by atoms with Crippen molar-refractivity contribution in [3.8, 4) is 5.75 Å². The molecule has 4 rings (SSSR count). The van der Waals surface area contributed by atoms with E-state index in [1.807, 2.05) is 43.5 Å². The second kappa shape index (κ2) is 9.07. The number of thiazole rings is 1. The van der Waals surface area contributed by atoms with Crippen molar-refractivity contribution in [3.05, 3.63) is 64.1 Å². The quantitative estimate of drug-likeness (QED) is 0.619. The normalized spacial score (nSPS) is 20.5. The van der Waals surface area contributed by atoms with Gasteiger partial charge >= 0.3 is 0 Å². The monoisotopic (exact) mass is 412 g/mol. The topological polar surface area (TPSA) is 74.3 Å². The summed E-state index contributed by atoms with van der Waals surface area (Å²) in [5.74, 6) is 1.86. The van der Waals surface area contributed by atoms with E-state index >= 15 is 0 Å². The maximum absolute atomic E-state index is 11.4. The first-order valence-corrected chi connectivity index (χ1v) is 11.0. The zero-order chi connectivity index (χ0) is 20.1. The first-order valence-electron chi connectivity index (χ1n) is 10.2. The van der Waals surface area contributed by atoms with E-state index in [9.17, 15) is 5.11 Å². The predicted octanol–water partition coefficient (Wildman–Crippen LogP) is 3.67. The number of ether oxygens (including phenoxy) is 1. The average Bonchev–Trinajstić information content (AvgIpc) is 3.32. The molecule has 0 aliphatic carbocycles. The van der Waals surface area contributed by atoms with Gasteiger partial charge in [-0.15, -0.1) is 11.3 Å². The first kappa shape index (κ1) is 20.1. The summed E-state index contributed by atoms with van der Waals surface area (Å²) in [5.41, 5.74) is 0.165. The zero-order valence-corrected chi connectivity index (χ0v) is 17.6. The Hall–Kier alpha value is -2.22. The Balaban J connectivity index is 1.36. The molecule has 6 nitrogen and oxygen atoms in total. The van der Waals surface area contributed by atoms with E-state index in [0.29, 0.717) is 13.0 Å². The van der Waals surface area contributed by atoms with Crippen molar-refractivity contribution < 1.29 is 9.84 Å². The molecule has 0 bridgehead atoms. The SMILES string of the molecule is Cc1nc([C@@]2(O)CCCN(Cc3ncc[nH]3)CC2)sc1CCOc1ccccc1. The van der Waals surface area contributed by atoms with Crippen LogP contribution in [0.1, 0.15) is 40.7 Å². The summed E-state index contributed by atoms with van der Waals surface area (Å²) in [6, 6.07) is 9.86. The van der Waals surface area contributed by atoms with Crippen molar-refractivity contribution in [2.75, 3.05) is 19.7 Å². The van der Waals surface area contributed by atoms with Crippen LogP contribution in [0.15, 0.2) is 42.7 Å². The third-order valence-electron chi connectivity index (χ3n) is 5.47. The Morgan fingerprint density at radius 3 is 2.90 bits per heavy atom. The molecule has 1 aromatic carbocycles. The maximum atomic E-state index is 11.4. The fraction of sp³-hybridized carbons (Fsp3) is 0.455. The second-order valence-corrected chi connectivity index (χ2v) is 8.72. The van der Waals surface area contributed by atoms with Crippen LogP contribution in [0, 0.1) is 6.92 Å². The summed E-state index contributed by atoms with van der Waals surface area (Å²) in [4.78, 5) is 15.8. The third-order valence-corrected chi connectivity index (χ3v) is 6.88. The van der Waals surface area contributed by atoms with E-state index < -0.39 is 5.60 Å². The molecule has 0 saturated carbocycles. The van der Waals surface area contributed by atoms with Gasteiger partial charge in [0.25, 0.3) is 0 Å². The number of aryl methyl sites for hydroxylation is 1. The Morgan fingerprint density at radius 2 is 2.10 bits per heavy atom. The lowest BCUT2D eigenvalue weighted by atomic mass is 9.96. The van der Waals surface area contributed by atoms with Crippen LogP contribution in [0.25, 0.3) is 0 Å². The molecule has 1 saturated heterocycles. The molecule has 0 unspecified atom stereocenters. The fourth-order valence-corrected chi connectivity index (χ4v) is 4.97. The van der Waals surface area contributed by atoms with Crippen LogP contribution in [-0.4, -0.2) is 44.7 Å². The van der Waals surface area contributed by atoms with Crippen LogP contribution in [0.2, 0.25) is 0 Å². The number of aromatic nitrogens is 3. The zero-order valence-electron chi connectivity index (χ0n) is 16.8.